The van der Waals surface area contributed by atoms with Crippen molar-refractivity contribution in [2.45, 2.75) is 30.2 Å². The van der Waals surface area contributed by atoms with Gasteiger partial charge in [-0.15, -0.1) is 5.06 Å². The summed E-state index contributed by atoms with van der Waals surface area (Å²) in [4.78, 5) is 61.7. The first-order chi connectivity index (χ1) is 12.3. The number of hydrogen-bond acceptors (Lipinski definition) is 9. The number of imide groups is 1. The number of nitro benzene ring substituents is 1. The van der Waals surface area contributed by atoms with Crippen LogP contribution in [0.4, 0.5) is 5.69 Å². The lowest BCUT2D eigenvalue weighted by atomic mass is 10.2. The maximum Gasteiger partial charge on any atom is 0.351 e. The van der Waals surface area contributed by atoms with Crippen molar-refractivity contribution < 1.29 is 28.9 Å². The Balaban J connectivity index is 2.09. The number of nitro groups is 1. The third kappa shape index (κ3) is 4.77. The molecule has 0 saturated carbocycles. The number of nitrogens with one attached hydrogen (secondary N) is 1. The quantitative estimate of drug-likeness (QED) is 0.273. The molecule has 12 heteroatoms. The first kappa shape index (κ1) is 19.3. The number of benzene rings is 1. The van der Waals surface area contributed by atoms with E-state index in [1.807, 2.05) is 0 Å². The van der Waals surface area contributed by atoms with Crippen LogP contribution in [0.1, 0.15) is 19.3 Å². The Morgan fingerprint density at radius 3 is 2.50 bits per heavy atom. The molecule has 1 aliphatic heterocycles. The summed E-state index contributed by atoms with van der Waals surface area (Å²) in [6, 6.07) is 4.42. The Bertz CT molecular complexity index is 753. The highest BCUT2D eigenvalue weighted by atomic mass is 32.2. The Labute approximate surface area is 151 Å². The van der Waals surface area contributed by atoms with Crippen LogP contribution in [0.25, 0.3) is 0 Å². The zero-order valence-electron chi connectivity index (χ0n) is 13.2. The lowest BCUT2D eigenvalue weighted by molar-refractivity contribution is -0.387. The van der Waals surface area contributed by atoms with E-state index in [9.17, 15) is 29.3 Å². The molecule has 1 aliphatic rings. The summed E-state index contributed by atoms with van der Waals surface area (Å²) in [5.74, 6) is -3.28. The number of primary amides is 1. The molecule has 3 N–H and O–H groups in total. The Kier molecular flexibility index (Phi) is 6.25. The van der Waals surface area contributed by atoms with Gasteiger partial charge in [-0.1, -0.05) is 12.1 Å². The predicted octanol–water partition coefficient (Wildman–Crippen LogP) is 0.0427. The van der Waals surface area contributed by atoms with Crippen molar-refractivity contribution in [2.75, 3.05) is 0 Å². The third-order valence-corrected chi connectivity index (χ3v) is 4.22. The van der Waals surface area contributed by atoms with Gasteiger partial charge in [0.05, 0.1) is 11.3 Å². The number of amides is 3. The van der Waals surface area contributed by atoms with Gasteiger partial charge in [0, 0.05) is 18.9 Å². The number of carbonyl (C=O) groups is 4. The standard InChI is InChI=1S/C14H14N4O7S/c15-11(19)7-8(14(22)25-17-12(20)5-6-13(17)21)16-26-10-4-2-1-3-9(10)18(23)24/h1-4,8,16H,5-7H2,(H2,15,19)/t8-/m1/s1. The molecule has 26 heavy (non-hydrogen) atoms. The molecule has 0 aromatic heterocycles. The molecule has 0 unspecified atom stereocenters. The summed E-state index contributed by atoms with van der Waals surface area (Å²) in [5, 5.41) is 11.3. The number of carbonyl (C=O) groups excluding carboxylic acids is 4. The molecule has 0 radical (unpaired) electrons. The van der Waals surface area contributed by atoms with Gasteiger partial charge in [-0.3, -0.25) is 24.5 Å². The number of nitrogens with zero attached hydrogens (tertiary/aromatic N) is 2. The van der Waals surface area contributed by atoms with E-state index in [4.69, 9.17) is 10.6 Å². The summed E-state index contributed by atoms with van der Waals surface area (Å²) in [5.41, 5.74) is 4.88. The van der Waals surface area contributed by atoms with Crippen LogP contribution in [-0.2, 0) is 24.0 Å². The normalized spacial score (nSPS) is 15.0. The van der Waals surface area contributed by atoms with Crippen LogP contribution in [0.15, 0.2) is 29.2 Å². The molecule has 0 bridgehead atoms. The van der Waals surface area contributed by atoms with Gasteiger partial charge in [-0.05, 0) is 18.0 Å². The third-order valence-electron chi connectivity index (χ3n) is 3.25. The van der Waals surface area contributed by atoms with E-state index in [-0.39, 0.29) is 23.4 Å². The first-order valence-electron chi connectivity index (χ1n) is 7.31. The number of rotatable bonds is 8. The number of nitrogens with two attached hydrogens (primary N) is 1. The van der Waals surface area contributed by atoms with Gasteiger partial charge in [-0.25, -0.2) is 9.52 Å². The highest BCUT2D eigenvalue weighted by Crippen LogP contribution is 2.27. The monoisotopic (exact) mass is 382 g/mol. The second kappa shape index (κ2) is 8.40. The smallest absolute Gasteiger partial charge is 0.351 e. The lowest BCUT2D eigenvalue weighted by Gasteiger charge is -2.18. The molecule has 0 aliphatic carbocycles. The van der Waals surface area contributed by atoms with Gasteiger partial charge in [0.1, 0.15) is 10.9 Å². The van der Waals surface area contributed by atoms with Crippen LogP contribution in [0, 0.1) is 10.1 Å². The second-order valence-electron chi connectivity index (χ2n) is 5.16. The number of hydrogen-bond donors (Lipinski definition) is 2. The lowest BCUT2D eigenvalue weighted by Crippen LogP contribution is -2.42. The molecule has 0 spiro atoms. The maximum atomic E-state index is 12.2. The van der Waals surface area contributed by atoms with Crippen LogP contribution in [-0.4, -0.2) is 39.7 Å². The summed E-state index contributed by atoms with van der Waals surface area (Å²) < 4.78 is 2.55. The van der Waals surface area contributed by atoms with Gasteiger partial charge in [0.15, 0.2) is 0 Å². The van der Waals surface area contributed by atoms with Crippen molar-refractivity contribution in [3.05, 3.63) is 34.4 Å². The van der Waals surface area contributed by atoms with E-state index < -0.39 is 41.1 Å². The van der Waals surface area contributed by atoms with E-state index in [1.165, 1.54) is 18.2 Å². The minimum absolute atomic E-state index is 0.0784. The summed E-state index contributed by atoms with van der Waals surface area (Å²) >= 11 is 0.725. The molecular weight excluding hydrogens is 368 g/mol. The minimum Gasteiger partial charge on any atom is -0.370 e. The highest BCUT2D eigenvalue weighted by Gasteiger charge is 2.35. The topological polar surface area (TPSA) is 162 Å². The fourth-order valence-electron chi connectivity index (χ4n) is 2.01. The van der Waals surface area contributed by atoms with Gasteiger partial charge in [0.25, 0.3) is 17.5 Å². The zero-order chi connectivity index (χ0) is 19.3. The van der Waals surface area contributed by atoms with Crippen LogP contribution >= 0.6 is 11.9 Å². The highest BCUT2D eigenvalue weighted by molar-refractivity contribution is 7.97. The van der Waals surface area contributed by atoms with Crippen LogP contribution in [0.2, 0.25) is 0 Å². The van der Waals surface area contributed by atoms with E-state index in [2.05, 4.69) is 4.72 Å². The number of hydroxylamine groups is 2. The van der Waals surface area contributed by atoms with Gasteiger partial charge in [-0.2, -0.15) is 0 Å². The second-order valence-corrected chi connectivity index (χ2v) is 6.04. The molecule has 3 amide bonds. The van der Waals surface area contributed by atoms with E-state index in [0.29, 0.717) is 5.06 Å². The molecule has 1 aromatic carbocycles. The fourth-order valence-corrected chi connectivity index (χ4v) is 2.86. The Morgan fingerprint density at radius 1 is 1.31 bits per heavy atom. The molecule has 1 fully saturated rings. The largest absolute Gasteiger partial charge is 0.370 e. The Hall–Kier alpha value is -2.99. The average molecular weight is 382 g/mol. The van der Waals surface area contributed by atoms with Gasteiger partial charge >= 0.3 is 5.97 Å². The van der Waals surface area contributed by atoms with Crippen LogP contribution in [0.3, 0.4) is 0 Å². The van der Waals surface area contributed by atoms with E-state index >= 15 is 0 Å². The van der Waals surface area contributed by atoms with Crippen molar-refractivity contribution in [1.29, 1.82) is 0 Å². The number of para-hydroxylation sites is 1. The molecule has 1 atom stereocenters. The summed E-state index contributed by atoms with van der Waals surface area (Å²) in [6.07, 6.45) is -0.654. The minimum atomic E-state index is -1.32. The molecule has 1 heterocycles. The van der Waals surface area contributed by atoms with Gasteiger partial charge < -0.3 is 10.6 Å². The van der Waals surface area contributed by atoms with Crippen molar-refractivity contribution in [3.63, 3.8) is 0 Å². The van der Waals surface area contributed by atoms with Gasteiger partial charge in [0.2, 0.25) is 5.91 Å². The van der Waals surface area contributed by atoms with Crippen molar-refractivity contribution in [2.24, 2.45) is 5.73 Å². The van der Waals surface area contributed by atoms with Crippen LogP contribution < -0.4 is 10.5 Å². The van der Waals surface area contributed by atoms with Crippen molar-refractivity contribution in [3.8, 4) is 0 Å². The Morgan fingerprint density at radius 2 is 1.92 bits per heavy atom. The molecular formula is C14H14N4O7S. The SMILES string of the molecule is NC(=O)C[C@@H](NSc1ccccc1[N+](=O)[O-])C(=O)ON1C(=O)CCC1=O. The van der Waals surface area contributed by atoms with E-state index in [0.717, 1.165) is 11.9 Å². The van der Waals surface area contributed by atoms with E-state index in [1.54, 1.807) is 6.07 Å². The molecule has 1 saturated heterocycles. The van der Waals surface area contributed by atoms with Crippen LogP contribution in [0.5, 0.6) is 0 Å². The predicted molar refractivity (Wildman–Crippen MR) is 86.9 cm³/mol. The van der Waals surface area contributed by atoms with Crippen molar-refractivity contribution in [1.82, 2.24) is 9.79 Å². The summed E-state index contributed by atoms with van der Waals surface area (Å²) in [7, 11) is 0. The molecule has 11 nitrogen and oxygen atoms in total. The maximum absolute atomic E-state index is 12.2. The molecule has 138 valence electrons. The molecule has 2 rings (SSSR count). The van der Waals surface area contributed by atoms with Crippen molar-refractivity contribution >= 4 is 41.3 Å². The fraction of sp³-hybridized carbons (Fsp3) is 0.286. The average Bonchev–Trinajstić information content (AvgIpc) is 2.90. The zero-order valence-corrected chi connectivity index (χ0v) is 14.1. The first-order valence-corrected chi connectivity index (χ1v) is 8.13. The molecule has 1 aromatic rings. The summed E-state index contributed by atoms with van der Waals surface area (Å²) in [6.45, 7) is 0.